The second kappa shape index (κ2) is 14.8. The molecule has 0 saturated carbocycles. The number of amides is 3. The lowest BCUT2D eigenvalue weighted by Crippen LogP contribution is -2.47. The maximum absolute atomic E-state index is 13.5. The van der Waals surface area contributed by atoms with Gasteiger partial charge in [0.1, 0.15) is 11.6 Å². The van der Waals surface area contributed by atoms with Gasteiger partial charge in [0, 0.05) is 54.4 Å². The van der Waals surface area contributed by atoms with E-state index in [2.05, 4.69) is 27.5 Å². The van der Waals surface area contributed by atoms with E-state index in [4.69, 9.17) is 4.98 Å². The summed E-state index contributed by atoms with van der Waals surface area (Å²) < 4.78 is 15.0. The summed E-state index contributed by atoms with van der Waals surface area (Å²) in [5, 5.41) is 15.8. The highest BCUT2D eigenvalue weighted by Gasteiger charge is 2.26. The molecule has 49 heavy (non-hydrogen) atoms. The van der Waals surface area contributed by atoms with Gasteiger partial charge in [-0.3, -0.25) is 14.3 Å². The first-order valence-electron chi connectivity index (χ1n) is 15.8. The number of hydrogen-bond donors (Lipinski definition) is 3. The topological polar surface area (TPSA) is 129 Å². The van der Waals surface area contributed by atoms with E-state index in [1.807, 2.05) is 24.3 Å². The molecule has 2 aromatic heterocycles. The summed E-state index contributed by atoms with van der Waals surface area (Å²) in [4.78, 5) is 48.2. The summed E-state index contributed by atoms with van der Waals surface area (Å²) in [6, 6.07) is 20.0. The zero-order valence-electron chi connectivity index (χ0n) is 27.8. The molecule has 3 aromatic carbocycles. The predicted molar refractivity (Wildman–Crippen MR) is 188 cm³/mol. The highest BCUT2D eigenvalue weighted by Crippen LogP contribution is 2.28. The Hall–Kier alpha value is -6.02. The van der Waals surface area contributed by atoms with Crippen molar-refractivity contribution in [3.05, 3.63) is 124 Å². The van der Waals surface area contributed by atoms with Crippen LogP contribution in [0.2, 0.25) is 0 Å². The Morgan fingerprint density at radius 3 is 2.49 bits per heavy atom. The van der Waals surface area contributed by atoms with E-state index >= 15 is 0 Å². The van der Waals surface area contributed by atoms with Crippen molar-refractivity contribution in [2.24, 2.45) is 0 Å². The van der Waals surface area contributed by atoms with Gasteiger partial charge in [-0.2, -0.15) is 0 Å². The van der Waals surface area contributed by atoms with Crippen LogP contribution in [0.4, 0.5) is 19.7 Å². The zero-order chi connectivity index (χ0) is 35.1. The van der Waals surface area contributed by atoms with Gasteiger partial charge in [-0.1, -0.05) is 30.0 Å². The minimum absolute atomic E-state index is 0.129. The number of pyridine rings is 1. The van der Waals surface area contributed by atoms with Crippen LogP contribution >= 0.6 is 0 Å². The van der Waals surface area contributed by atoms with E-state index in [0.29, 0.717) is 46.5 Å². The third-order valence-electron chi connectivity index (χ3n) is 7.93. The van der Waals surface area contributed by atoms with Crippen LogP contribution in [0.15, 0.2) is 90.0 Å². The fraction of sp³-hybridized carbons (Fsp3) is 0.237. The first-order chi connectivity index (χ1) is 23.4. The van der Waals surface area contributed by atoms with Crippen LogP contribution in [0.5, 0.6) is 0 Å². The Kier molecular flexibility index (Phi) is 10.4. The molecular weight excluding hydrogens is 623 g/mol. The summed E-state index contributed by atoms with van der Waals surface area (Å²) in [6.45, 7) is 7.84. The van der Waals surface area contributed by atoms with Crippen molar-refractivity contribution in [1.29, 1.82) is 0 Å². The number of nitrogens with zero attached hydrogens (tertiary/aromatic N) is 4. The summed E-state index contributed by atoms with van der Waals surface area (Å²) >= 11 is 0. The Bertz CT molecular complexity index is 2110. The van der Waals surface area contributed by atoms with Crippen LogP contribution in [-0.4, -0.2) is 55.3 Å². The van der Waals surface area contributed by atoms with Crippen molar-refractivity contribution in [2.45, 2.75) is 46.2 Å². The molecule has 0 fully saturated rings. The van der Waals surface area contributed by atoms with Gasteiger partial charge in [0.15, 0.2) is 0 Å². The third kappa shape index (κ3) is 8.67. The van der Waals surface area contributed by atoms with Gasteiger partial charge in [0.05, 0.1) is 10.9 Å². The number of nitrogens with one attached hydrogen (secondary N) is 2. The van der Waals surface area contributed by atoms with Crippen LogP contribution in [0.3, 0.4) is 0 Å². The van der Waals surface area contributed by atoms with Crippen LogP contribution in [-0.2, 0) is 13.0 Å². The predicted octanol–water partition coefficient (Wildman–Crippen LogP) is 6.45. The number of carboxylic acid groups (broad SMARTS) is 1. The average molecular weight is 661 g/mol. The Morgan fingerprint density at radius 2 is 1.80 bits per heavy atom. The molecule has 0 bridgehead atoms. The maximum Gasteiger partial charge on any atom is 0.407 e. The van der Waals surface area contributed by atoms with Crippen molar-refractivity contribution >= 4 is 28.7 Å². The van der Waals surface area contributed by atoms with Gasteiger partial charge in [-0.05, 0) is 105 Å². The molecule has 250 valence electrons. The van der Waals surface area contributed by atoms with Crippen molar-refractivity contribution < 1.29 is 19.1 Å². The highest BCUT2D eigenvalue weighted by atomic mass is 19.1. The van der Waals surface area contributed by atoms with E-state index < -0.39 is 11.6 Å². The molecule has 0 spiro atoms. The third-order valence-corrected chi connectivity index (χ3v) is 7.93. The second-order valence-corrected chi connectivity index (χ2v) is 12.5. The molecule has 5 rings (SSSR count). The molecule has 0 radical (unpaired) electrons. The zero-order valence-corrected chi connectivity index (χ0v) is 27.8. The van der Waals surface area contributed by atoms with Gasteiger partial charge < -0.3 is 20.6 Å². The summed E-state index contributed by atoms with van der Waals surface area (Å²) in [5.41, 5.74) is 3.82. The minimum atomic E-state index is -1.06. The van der Waals surface area contributed by atoms with E-state index in [1.54, 1.807) is 76.5 Å². The molecule has 5 aromatic rings. The summed E-state index contributed by atoms with van der Waals surface area (Å²) in [7, 11) is 0. The van der Waals surface area contributed by atoms with Crippen LogP contribution in [0.1, 0.15) is 43.3 Å². The normalized spacial score (nSPS) is 11.0. The fourth-order valence-corrected chi connectivity index (χ4v) is 5.37. The molecule has 0 unspecified atom stereocenters. The quantitative estimate of drug-likeness (QED) is 0.164. The molecule has 10 nitrogen and oxygen atoms in total. The number of fused-ring (bicyclic) bond motifs is 1. The molecular formula is C38H37FN6O4. The summed E-state index contributed by atoms with van der Waals surface area (Å²) in [6.07, 6.45) is 3.03. The van der Waals surface area contributed by atoms with E-state index in [1.165, 1.54) is 21.6 Å². The Labute approximate surface area is 283 Å². The molecule has 0 saturated heterocycles. The standard InChI is InChI=1S/C38H37FN6O4/c1-25-42-34-23-29(11-15-33(34)35(46)44(25)20-21-45(37(48)49)38(2,3)4)32-16-14-31(22-28(32)10-7-26-8-12-30(39)13-9-26)43-36(47)41-19-17-27-6-5-18-40-24-27/h5-6,8-9,11-16,18,22-24H,17,19-21H2,1-4H3,(H,48,49)(H2,41,43,47). The van der Waals surface area contributed by atoms with Gasteiger partial charge >= 0.3 is 12.1 Å². The first kappa shape index (κ1) is 34.3. The number of carbonyl (C=O) groups excluding carboxylic acids is 1. The van der Waals surface area contributed by atoms with Crippen molar-refractivity contribution in [3.8, 4) is 23.0 Å². The molecule has 0 atom stereocenters. The van der Waals surface area contributed by atoms with Gasteiger partial charge in [0.25, 0.3) is 5.56 Å². The second-order valence-electron chi connectivity index (χ2n) is 12.5. The number of urea groups is 1. The van der Waals surface area contributed by atoms with Crippen molar-refractivity contribution in [1.82, 2.24) is 24.8 Å². The number of aryl methyl sites for hydroxylation is 1. The molecule has 0 aliphatic carbocycles. The minimum Gasteiger partial charge on any atom is -0.465 e. The smallest absolute Gasteiger partial charge is 0.407 e. The van der Waals surface area contributed by atoms with Crippen molar-refractivity contribution in [2.75, 3.05) is 18.4 Å². The number of rotatable bonds is 8. The number of aromatic nitrogens is 3. The van der Waals surface area contributed by atoms with E-state index in [-0.39, 0.29) is 30.5 Å². The van der Waals surface area contributed by atoms with Gasteiger partial charge in [-0.25, -0.2) is 19.0 Å². The summed E-state index contributed by atoms with van der Waals surface area (Å²) in [5.74, 6) is 6.33. The Morgan fingerprint density at radius 1 is 1.02 bits per heavy atom. The van der Waals surface area contributed by atoms with Crippen LogP contribution in [0, 0.1) is 24.6 Å². The highest BCUT2D eigenvalue weighted by molar-refractivity contribution is 5.91. The number of halogens is 1. The van der Waals surface area contributed by atoms with Gasteiger partial charge in [0.2, 0.25) is 0 Å². The SMILES string of the molecule is Cc1nc2cc(-c3ccc(NC(=O)NCCc4cccnc4)cc3C#Cc3ccc(F)cc3)ccc2c(=O)n1CCN(C(=O)O)C(C)(C)C. The molecule has 0 aliphatic rings. The maximum atomic E-state index is 13.5. The molecule has 11 heteroatoms. The lowest BCUT2D eigenvalue weighted by molar-refractivity contribution is 0.0974. The Balaban J connectivity index is 1.44. The molecule has 2 heterocycles. The van der Waals surface area contributed by atoms with Crippen molar-refractivity contribution in [3.63, 3.8) is 0 Å². The van der Waals surface area contributed by atoms with Crippen LogP contribution in [0.25, 0.3) is 22.0 Å². The number of anilines is 1. The number of benzene rings is 3. The molecule has 3 N–H and O–H groups in total. The van der Waals surface area contributed by atoms with Crippen LogP contribution < -0.4 is 16.2 Å². The van der Waals surface area contributed by atoms with E-state index in [9.17, 15) is 23.9 Å². The number of hydrogen-bond acceptors (Lipinski definition) is 5. The monoisotopic (exact) mass is 660 g/mol. The lowest BCUT2D eigenvalue weighted by atomic mass is 9.97. The van der Waals surface area contributed by atoms with E-state index in [0.717, 1.165) is 16.7 Å². The average Bonchev–Trinajstić information content (AvgIpc) is 3.05. The van der Waals surface area contributed by atoms with Gasteiger partial charge in [-0.15, -0.1) is 0 Å². The number of carbonyl (C=O) groups is 2. The first-order valence-corrected chi connectivity index (χ1v) is 15.8. The molecule has 3 amide bonds. The lowest BCUT2D eigenvalue weighted by Gasteiger charge is -2.33. The largest absolute Gasteiger partial charge is 0.465 e. The fourth-order valence-electron chi connectivity index (χ4n) is 5.37. The molecule has 0 aliphatic heterocycles.